The monoisotopic (exact) mass is 454 g/mol. The van der Waals surface area contributed by atoms with E-state index in [2.05, 4.69) is 10.3 Å². The van der Waals surface area contributed by atoms with Crippen LogP contribution in [0.4, 0.5) is 5.82 Å². The van der Waals surface area contributed by atoms with Crippen LogP contribution in [0.25, 0.3) is 5.69 Å². The first-order valence-electron chi connectivity index (χ1n) is 9.72. The molecule has 0 aliphatic carbocycles. The van der Waals surface area contributed by atoms with Gasteiger partial charge in [-0.3, -0.25) is 14.2 Å². The molecule has 1 aliphatic rings. The van der Waals surface area contributed by atoms with Crippen molar-refractivity contribution in [3.05, 3.63) is 60.0 Å². The molecule has 0 spiro atoms. The number of primary amides is 1. The van der Waals surface area contributed by atoms with Gasteiger partial charge in [0.05, 0.1) is 36.6 Å². The fourth-order valence-electron chi connectivity index (χ4n) is 3.45. The molecule has 0 radical (unpaired) electrons. The third-order valence-corrected chi connectivity index (χ3v) is 6.14. The fourth-order valence-corrected chi connectivity index (χ4v) is 4.56. The Hall–Kier alpha value is -3.66. The Labute approximate surface area is 188 Å². The van der Waals surface area contributed by atoms with Crippen molar-refractivity contribution in [2.75, 3.05) is 31.9 Å². The Kier molecular flexibility index (Phi) is 6.22. The van der Waals surface area contributed by atoms with Crippen molar-refractivity contribution in [1.82, 2.24) is 9.55 Å². The number of carbonyl (C=O) groups is 2. The fraction of sp³-hybridized carbons (Fsp3) is 0.227. The molecule has 1 aliphatic heterocycles. The van der Waals surface area contributed by atoms with Gasteiger partial charge in [-0.05, 0) is 29.8 Å². The molecule has 0 unspecified atom stereocenters. The van der Waals surface area contributed by atoms with Crippen LogP contribution in [0.2, 0.25) is 0 Å². The van der Waals surface area contributed by atoms with E-state index in [0.717, 1.165) is 16.9 Å². The zero-order valence-corrected chi connectivity index (χ0v) is 18.3. The highest BCUT2D eigenvalue weighted by Crippen LogP contribution is 2.44. The average molecular weight is 455 g/mol. The van der Waals surface area contributed by atoms with Crippen LogP contribution in [0.1, 0.15) is 16.5 Å². The number of amides is 2. The standard InChI is InChI=1S/C22H22N4O5S/c1-29-15-5-3-4-14(9-15)26-12-24-22-20(26)21(32-11-19(28)25-22)13-6-7-16(30-2)17(8-13)31-10-18(23)27/h3-9,12,21H,10-11H2,1-2H3,(H2,23,27)(H,25,28)/t21-/m1/s1. The van der Waals surface area contributed by atoms with Gasteiger partial charge in [-0.1, -0.05) is 12.1 Å². The molecule has 0 fully saturated rings. The van der Waals surface area contributed by atoms with Crippen molar-refractivity contribution in [3.8, 4) is 22.9 Å². The number of carbonyl (C=O) groups excluding carboxylic acids is 2. The number of thioether (sulfide) groups is 1. The normalized spacial score (nSPS) is 15.3. The molecule has 2 aromatic carbocycles. The Morgan fingerprint density at radius 1 is 1.22 bits per heavy atom. The zero-order chi connectivity index (χ0) is 22.7. The summed E-state index contributed by atoms with van der Waals surface area (Å²) in [4.78, 5) is 28.0. The van der Waals surface area contributed by atoms with Crippen LogP contribution >= 0.6 is 11.8 Å². The number of benzene rings is 2. The van der Waals surface area contributed by atoms with Gasteiger partial charge in [0.25, 0.3) is 5.91 Å². The maximum Gasteiger partial charge on any atom is 0.255 e. The molecular formula is C22H22N4O5S. The minimum atomic E-state index is -0.588. The number of nitrogens with one attached hydrogen (secondary N) is 1. The van der Waals surface area contributed by atoms with Crippen molar-refractivity contribution in [1.29, 1.82) is 0 Å². The highest BCUT2D eigenvalue weighted by molar-refractivity contribution is 8.00. The van der Waals surface area contributed by atoms with Crippen molar-refractivity contribution in [2.45, 2.75) is 5.25 Å². The van der Waals surface area contributed by atoms with Gasteiger partial charge in [0.2, 0.25) is 5.91 Å². The molecule has 166 valence electrons. The van der Waals surface area contributed by atoms with Crippen molar-refractivity contribution in [3.63, 3.8) is 0 Å². The van der Waals surface area contributed by atoms with Gasteiger partial charge in [-0.15, -0.1) is 11.8 Å². The molecule has 1 atom stereocenters. The number of aromatic nitrogens is 2. The number of rotatable bonds is 7. The first-order chi connectivity index (χ1) is 15.5. The maximum absolute atomic E-state index is 12.3. The van der Waals surface area contributed by atoms with Crippen molar-refractivity contribution >= 4 is 29.4 Å². The van der Waals surface area contributed by atoms with E-state index in [4.69, 9.17) is 19.9 Å². The Balaban J connectivity index is 1.81. The molecule has 3 N–H and O–H groups in total. The van der Waals surface area contributed by atoms with Gasteiger partial charge in [-0.25, -0.2) is 4.98 Å². The number of anilines is 1. The number of hydrogen-bond acceptors (Lipinski definition) is 7. The predicted octanol–water partition coefficient (Wildman–Crippen LogP) is 2.53. The van der Waals surface area contributed by atoms with Crippen LogP contribution in [0.3, 0.4) is 0 Å². The summed E-state index contributed by atoms with van der Waals surface area (Å²) in [6, 6.07) is 13.0. The molecule has 4 rings (SSSR count). The number of nitrogens with zero attached hydrogens (tertiary/aromatic N) is 2. The number of ether oxygens (including phenoxy) is 3. The Bertz CT molecular complexity index is 1160. The predicted molar refractivity (Wildman–Crippen MR) is 121 cm³/mol. The van der Waals surface area contributed by atoms with Gasteiger partial charge in [0.15, 0.2) is 23.9 Å². The molecular weight excluding hydrogens is 432 g/mol. The van der Waals surface area contributed by atoms with Crippen LogP contribution in [-0.2, 0) is 9.59 Å². The molecule has 0 saturated heterocycles. The summed E-state index contributed by atoms with van der Waals surface area (Å²) in [7, 11) is 3.13. The van der Waals surface area contributed by atoms with Crippen LogP contribution in [-0.4, -0.2) is 47.9 Å². The number of hydrogen-bond donors (Lipinski definition) is 2. The second kappa shape index (κ2) is 9.23. The molecule has 0 bridgehead atoms. The molecule has 9 nitrogen and oxygen atoms in total. The minimum absolute atomic E-state index is 0.131. The lowest BCUT2D eigenvalue weighted by molar-refractivity contribution is -0.120. The molecule has 10 heteroatoms. The van der Waals surface area contributed by atoms with E-state index in [1.54, 1.807) is 25.6 Å². The van der Waals surface area contributed by atoms with Crippen LogP contribution in [0.15, 0.2) is 48.8 Å². The lowest BCUT2D eigenvalue weighted by Gasteiger charge is -2.20. The number of nitrogens with two attached hydrogens (primary N) is 1. The van der Waals surface area contributed by atoms with E-state index < -0.39 is 5.91 Å². The van der Waals surface area contributed by atoms with Gasteiger partial charge in [0, 0.05) is 6.07 Å². The largest absolute Gasteiger partial charge is 0.497 e. The van der Waals surface area contributed by atoms with Gasteiger partial charge < -0.3 is 25.3 Å². The lowest BCUT2D eigenvalue weighted by atomic mass is 10.1. The second-order valence-electron chi connectivity index (χ2n) is 6.95. The quantitative estimate of drug-likeness (QED) is 0.563. The minimum Gasteiger partial charge on any atom is -0.497 e. The summed E-state index contributed by atoms with van der Waals surface area (Å²) in [5.41, 5.74) is 7.74. The van der Waals surface area contributed by atoms with E-state index in [1.807, 2.05) is 34.9 Å². The highest BCUT2D eigenvalue weighted by atomic mass is 32.2. The Morgan fingerprint density at radius 3 is 2.81 bits per heavy atom. The lowest BCUT2D eigenvalue weighted by Crippen LogP contribution is -2.20. The molecule has 1 aromatic heterocycles. The number of fused-ring (bicyclic) bond motifs is 1. The molecule has 32 heavy (non-hydrogen) atoms. The third-order valence-electron chi connectivity index (χ3n) is 4.88. The number of imidazole rings is 1. The Morgan fingerprint density at radius 2 is 2.06 bits per heavy atom. The second-order valence-corrected chi connectivity index (χ2v) is 8.05. The molecule has 2 amide bonds. The highest BCUT2D eigenvalue weighted by Gasteiger charge is 2.30. The first kappa shape index (κ1) is 21.6. The third kappa shape index (κ3) is 4.35. The SMILES string of the molecule is COc1cccc(-n2cnc3c2[C@@H](c2ccc(OC)c(OCC(N)=O)c2)SCC(=O)N3)c1. The van der Waals surface area contributed by atoms with E-state index in [0.29, 0.717) is 23.1 Å². The topological polar surface area (TPSA) is 118 Å². The van der Waals surface area contributed by atoms with Gasteiger partial charge >= 0.3 is 0 Å². The van der Waals surface area contributed by atoms with E-state index in [1.165, 1.54) is 18.9 Å². The maximum atomic E-state index is 12.3. The summed E-state index contributed by atoms with van der Waals surface area (Å²) in [5.74, 6) is 1.60. The van der Waals surface area contributed by atoms with E-state index in [9.17, 15) is 9.59 Å². The van der Waals surface area contributed by atoms with Gasteiger partial charge in [0.1, 0.15) is 12.1 Å². The smallest absolute Gasteiger partial charge is 0.255 e. The molecule has 0 saturated carbocycles. The van der Waals surface area contributed by atoms with E-state index in [-0.39, 0.29) is 23.5 Å². The van der Waals surface area contributed by atoms with Crippen molar-refractivity contribution < 1.29 is 23.8 Å². The van der Waals surface area contributed by atoms with Crippen molar-refractivity contribution in [2.24, 2.45) is 5.73 Å². The molecule has 3 aromatic rings. The molecule has 2 heterocycles. The zero-order valence-electron chi connectivity index (χ0n) is 17.5. The number of methoxy groups -OCH3 is 2. The average Bonchev–Trinajstić information content (AvgIpc) is 3.13. The van der Waals surface area contributed by atoms with Gasteiger partial charge in [-0.2, -0.15) is 0 Å². The summed E-state index contributed by atoms with van der Waals surface area (Å²) < 4.78 is 18.2. The summed E-state index contributed by atoms with van der Waals surface area (Å²) in [5, 5.41) is 2.63. The van der Waals surface area contributed by atoms with Crippen LogP contribution in [0.5, 0.6) is 17.2 Å². The summed E-state index contributed by atoms with van der Waals surface area (Å²) in [6.07, 6.45) is 1.67. The summed E-state index contributed by atoms with van der Waals surface area (Å²) >= 11 is 1.47. The van der Waals surface area contributed by atoms with E-state index >= 15 is 0 Å². The van der Waals surface area contributed by atoms with Crippen LogP contribution < -0.4 is 25.3 Å². The summed E-state index contributed by atoms with van der Waals surface area (Å²) in [6.45, 7) is -0.273. The van der Waals surface area contributed by atoms with Crippen LogP contribution in [0, 0.1) is 0 Å². The first-order valence-corrected chi connectivity index (χ1v) is 10.8.